The Labute approximate surface area is 102 Å². The summed E-state index contributed by atoms with van der Waals surface area (Å²) in [5, 5.41) is 0.789. The number of hydrogen-bond donors (Lipinski definition) is 0. The highest BCUT2D eigenvalue weighted by molar-refractivity contribution is 6.30. The van der Waals surface area contributed by atoms with Crippen molar-refractivity contribution in [3.8, 4) is 0 Å². The van der Waals surface area contributed by atoms with E-state index in [9.17, 15) is 0 Å². The summed E-state index contributed by atoms with van der Waals surface area (Å²) in [6.45, 7) is 7.15. The molecule has 1 heterocycles. The molecule has 0 saturated carbocycles. The minimum Gasteiger partial charge on any atom is -0.374 e. The number of ether oxygens (including phenoxy) is 1. The van der Waals surface area contributed by atoms with Crippen LogP contribution in [0, 0.1) is 5.92 Å². The van der Waals surface area contributed by atoms with Crippen LogP contribution < -0.4 is 4.90 Å². The number of anilines is 1. The Hall–Kier alpha value is -0.730. The molecule has 0 bridgehead atoms. The van der Waals surface area contributed by atoms with E-state index in [2.05, 4.69) is 30.9 Å². The van der Waals surface area contributed by atoms with Crippen LogP contribution in [0.3, 0.4) is 0 Å². The third-order valence-electron chi connectivity index (χ3n) is 3.03. The molecular formula is C13H18ClNO. The smallest absolute Gasteiger partial charge is 0.0773 e. The predicted octanol–water partition coefficient (Wildman–Crippen LogP) is 3.20. The van der Waals surface area contributed by atoms with Gasteiger partial charge in [0.2, 0.25) is 0 Å². The zero-order chi connectivity index (χ0) is 11.5. The van der Waals surface area contributed by atoms with Crippen molar-refractivity contribution < 1.29 is 4.74 Å². The van der Waals surface area contributed by atoms with Gasteiger partial charge in [0.1, 0.15) is 0 Å². The van der Waals surface area contributed by atoms with E-state index in [1.165, 1.54) is 5.69 Å². The van der Waals surface area contributed by atoms with Crippen LogP contribution >= 0.6 is 11.6 Å². The zero-order valence-electron chi connectivity index (χ0n) is 9.82. The van der Waals surface area contributed by atoms with E-state index in [0.29, 0.717) is 12.0 Å². The Bertz CT molecular complexity index is 336. The normalized spacial score (nSPS) is 21.5. The predicted molar refractivity (Wildman–Crippen MR) is 68.2 cm³/mol. The van der Waals surface area contributed by atoms with Gasteiger partial charge >= 0.3 is 0 Å². The molecular weight excluding hydrogens is 222 g/mol. The first-order valence-electron chi connectivity index (χ1n) is 5.79. The third-order valence-corrected chi connectivity index (χ3v) is 3.28. The molecule has 0 aromatic heterocycles. The third kappa shape index (κ3) is 2.69. The van der Waals surface area contributed by atoms with Gasteiger partial charge in [0.25, 0.3) is 0 Å². The monoisotopic (exact) mass is 239 g/mol. The van der Waals surface area contributed by atoms with Crippen molar-refractivity contribution in [2.75, 3.05) is 24.6 Å². The first-order valence-corrected chi connectivity index (χ1v) is 6.17. The lowest BCUT2D eigenvalue weighted by atomic mass is 10.1. The van der Waals surface area contributed by atoms with E-state index in [4.69, 9.17) is 16.3 Å². The Morgan fingerprint density at radius 2 is 2.00 bits per heavy atom. The molecule has 1 aromatic carbocycles. The first kappa shape index (κ1) is 11.7. The van der Waals surface area contributed by atoms with Crippen LogP contribution in [0.25, 0.3) is 0 Å². The fraction of sp³-hybridized carbons (Fsp3) is 0.538. The lowest BCUT2D eigenvalue weighted by Gasteiger charge is -2.36. The minimum atomic E-state index is 0.337. The summed E-state index contributed by atoms with van der Waals surface area (Å²) in [5.41, 5.74) is 1.23. The quantitative estimate of drug-likeness (QED) is 0.786. The fourth-order valence-corrected chi connectivity index (χ4v) is 2.09. The number of morpholine rings is 1. The van der Waals surface area contributed by atoms with Crippen molar-refractivity contribution in [1.82, 2.24) is 0 Å². The Morgan fingerprint density at radius 3 is 2.62 bits per heavy atom. The molecule has 3 heteroatoms. The second kappa shape index (κ2) is 5.07. The summed E-state index contributed by atoms with van der Waals surface area (Å²) in [6, 6.07) is 8.03. The van der Waals surface area contributed by atoms with Gasteiger partial charge in [-0.15, -0.1) is 0 Å². The fourth-order valence-electron chi connectivity index (χ4n) is 1.97. The molecule has 1 aliphatic heterocycles. The molecule has 0 aliphatic carbocycles. The lowest BCUT2D eigenvalue weighted by Crippen LogP contribution is -2.44. The Morgan fingerprint density at radius 1 is 1.31 bits per heavy atom. The standard InChI is InChI=1S/C13H18ClNO/c1-10(2)13-9-15(7-8-16-13)12-5-3-11(14)4-6-12/h3-6,10,13H,7-9H2,1-2H3/t13-/m0/s1. The van der Waals surface area contributed by atoms with Crippen LogP contribution in [-0.2, 0) is 4.74 Å². The summed E-state index contributed by atoms with van der Waals surface area (Å²) < 4.78 is 5.75. The molecule has 1 aromatic rings. The van der Waals surface area contributed by atoms with Crippen LogP contribution in [0.2, 0.25) is 5.02 Å². The summed E-state index contributed by atoms with van der Waals surface area (Å²) >= 11 is 5.89. The number of benzene rings is 1. The van der Waals surface area contributed by atoms with Gasteiger partial charge in [-0.2, -0.15) is 0 Å². The molecule has 0 N–H and O–H groups in total. The van der Waals surface area contributed by atoms with Crippen molar-refractivity contribution >= 4 is 17.3 Å². The highest BCUT2D eigenvalue weighted by atomic mass is 35.5. The van der Waals surface area contributed by atoms with E-state index in [0.717, 1.165) is 24.7 Å². The topological polar surface area (TPSA) is 12.5 Å². The zero-order valence-corrected chi connectivity index (χ0v) is 10.6. The van der Waals surface area contributed by atoms with Crippen molar-refractivity contribution in [1.29, 1.82) is 0 Å². The van der Waals surface area contributed by atoms with Gasteiger partial charge < -0.3 is 9.64 Å². The maximum atomic E-state index is 5.89. The molecule has 2 rings (SSSR count). The molecule has 0 amide bonds. The van der Waals surface area contributed by atoms with E-state index in [1.807, 2.05) is 12.1 Å². The summed E-state index contributed by atoms with van der Waals surface area (Å²) in [4.78, 5) is 2.37. The molecule has 1 fully saturated rings. The van der Waals surface area contributed by atoms with Gasteiger partial charge in [-0.25, -0.2) is 0 Å². The van der Waals surface area contributed by atoms with Crippen LogP contribution in [0.1, 0.15) is 13.8 Å². The van der Waals surface area contributed by atoms with E-state index in [1.54, 1.807) is 0 Å². The van der Waals surface area contributed by atoms with Crippen LogP contribution in [0.15, 0.2) is 24.3 Å². The van der Waals surface area contributed by atoms with Gasteiger partial charge in [-0.05, 0) is 30.2 Å². The highest BCUT2D eigenvalue weighted by Gasteiger charge is 2.22. The van der Waals surface area contributed by atoms with Gasteiger partial charge in [-0.1, -0.05) is 25.4 Å². The number of halogens is 1. The first-order chi connectivity index (χ1) is 7.66. The Kier molecular flexibility index (Phi) is 3.72. The van der Waals surface area contributed by atoms with E-state index in [-0.39, 0.29) is 0 Å². The molecule has 0 spiro atoms. The maximum Gasteiger partial charge on any atom is 0.0773 e. The van der Waals surface area contributed by atoms with Crippen LogP contribution in [0.5, 0.6) is 0 Å². The molecule has 1 saturated heterocycles. The van der Waals surface area contributed by atoms with E-state index >= 15 is 0 Å². The molecule has 16 heavy (non-hydrogen) atoms. The summed E-state index contributed by atoms with van der Waals surface area (Å²) in [5.74, 6) is 0.565. The molecule has 1 atom stereocenters. The minimum absolute atomic E-state index is 0.337. The van der Waals surface area contributed by atoms with Crippen molar-refractivity contribution in [2.24, 2.45) is 5.92 Å². The number of nitrogens with zero attached hydrogens (tertiary/aromatic N) is 1. The molecule has 0 radical (unpaired) electrons. The second-order valence-corrected chi connectivity index (χ2v) is 5.01. The number of hydrogen-bond acceptors (Lipinski definition) is 2. The molecule has 0 unspecified atom stereocenters. The van der Waals surface area contributed by atoms with Crippen LogP contribution in [-0.4, -0.2) is 25.8 Å². The summed E-state index contributed by atoms with van der Waals surface area (Å²) in [7, 11) is 0. The summed E-state index contributed by atoms with van der Waals surface area (Å²) in [6.07, 6.45) is 0.337. The average molecular weight is 240 g/mol. The molecule has 1 aliphatic rings. The highest BCUT2D eigenvalue weighted by Crippen LogP contribution is 2.22. The number of rotatable bonds is 2. The Balaban J connectivity index is 2.06. The maximum absolute atomic E-state index is 5.89. The van der Waals surface area contributed by atoms with Gasteiger partial charge in [0, 0.05) is 23.8 Å². The van der Waals surface area contributed by atoms with Crippen molar-refractivity contribution in [3.63, 3.8) is 0 Å². The van der Waals surface area contributed by atoms with Gasteiger partial charge in [0.05, 0.1) is 12.7 Å². The van der Waals surface area contributed by atoms with Crippen LogP contribution in [0.4, 0.5) is 5.69 Å². The van der Waals surface area contributed by atoms with Crippen molar-refractivity contribution in [3.05, 3.63) is 29.3 Å². The van der Waals surface area contributed by atoms with Gasteiger partial charge in [-0.3, -0.25) is 0 Å². The average Bonchev–Trinajstić information content (AvgIpc) is 2.30. The molecule has 88 valence electrons. The largest absolute Gasteiger partial charge is 0.374 e. The molecule has 2 nitrogen and oxygen atoms in total. The van der Waals surface area contributed by atoms with E-state index < -0.39 is 0 Å². The van der Waals surface area contributed by atoms with Gasteiger partial charge in [0.15, 0.2) is 0 Å². The lowest BCUT2D eigenvalue weighted by molar-refractivity contribution is 0.0114. The van der Waals surface area contributed by atoms with Crippen molar-refractivity contribution in [2.45, 2.75) is 20.0 Å². The second-order valence-electron chi connectivity index (χ2n) is 4.58. The SMILES string of the molecule is CC(C)[C@@H]1CN(c2ccc(Cl)cc2)CCO1.